The van der Waals surface area contributed by atoms with E-state index in [0.29, 0.717) is 6.07 Å². The Bertz CT molecular complexity index is 389. The van der Waals surface area contributed by atoms with Gasteiger partial charge in [-0.15, -0.1) is 0 Å². The van der Waals surface area contributed by atoms with Crippen LogP contribution in [0.4, 0.5) is 17.6 Å². The number of aliphatic carboxylic acids is 1. The predicted molar refractivity (Wildman–Crippen MR) is 40.5 cm³/mol. The maximum atomic E-state index is 12.5. The van der Waals surface area contributed by atoms with Crippen molar-refractivity contribution in [3.63, 3.8) is 0 Å². The van der Waals surface area contributed by atoms with Crippen molar-refractivity contribution in [1.82, 2.24) is 4.98 Å². The molecule has 1 heterocycles. The fourth-order valence-electron chi connectivity index (χ4n) is 1.03. The summed E-state index contributed by atoms with van der Waals surface area (Å²) in [6.07, 6.45) is -5.34. The van der Waals surface area contributed by atoms with Crippen LogP contribution in [0.3, 0.4) is 0 Å². The number of halogens is 4. The molecule has 0 saturated heterocycles. The Hall–Kier alpha value is -1.66. The Kier molecular flexibility index (Phi) is 2.92. The van der Waals surface area contributed by atoms with Gasteiger partial charge in [0.25, 0.3) is 0 Å². The van der Waals surface area contributed by atoms with Crippen LogP contribution in [0.15, 0.2) is 12.3 Å². The first-order valence-corrected chi connectivity index (χ1v) is 3.74. The van der Waals surface area contributed by atoms with E-state index in [0.717, 1.165) is 0 Å². The summed E-state index contributed by atoms with van der Waals surface area (Å²) in [6.45, 7) is 0. The molecule has 0 aliphatic carbocycles. The number of aromatic nitrogens is 1. The minimum absolute atomic E-state index is 0.285. The molecule has 0 spiro atoms. The van der Waals surface area contributed by atoms with E-state index in [-0.39, 0.29) is 6.20 Å². The molecule has 1 aromatic heterocycles. The number of pyridine rings is 1. The van der Waals surface area contributed by atoms with E-state index in [1.165, 1.54) is 0 Å². The molecular weight excluding hydrogens is 218 g/mol. The van der Waals surface area contributed by atoms with Gasteiger partial charge in [-0.3, -0.25) is 4.79 Å². The molecule has 0 radical (unpaired) electrons. The molecule has 0 unspecified atom stereocenters. The normalized spacial score (nSPS) is 11.5. The smallest absolute Gasteiger partial charge is 0.418 e. The molecule has 0 fully saturated rings. The van der Waals surface area contributed by atoms with Gasteiger partial charge in [0.2, 0.25) is 5.95 Å². The van der Waals surface area contributed by atoms with Crippen LogP contribution in [0, 0.1) is 5.95 Å². The van der Waals surface area contributed by atoms with Gasteiger partial charge in [0.05, 0.1) is 12.0 Å². The summed E-state index contributed by atoms with van der Waals surface area (Å²) in [7, 11) is 0. The van der Waals surface area contributed by atoms with Gasteiger partial charge in [0.1, 0.15) is 0 Å². The molecule has 1 N–H and O–H groups in total. The van der Waals surface area contributed by atoms with Crippen molar-refractivity contribution in [2.75, 3.05) is 0 Å². The average Bonchev–Trinajstić information content (AvgIpc) is 1.99. The lowest BCUT2D eigenvalue weighted by molar-refractivity contribution is -0.139. The van der Waals surface area contributed by atoms with Crippen molar-refractivity contribution in [2.45, 2.75) is 12.6 Å². The number of carboxylic acid groups (broad SMARTS) is 1. The van der Waals surface area contributed by atoms with Crippen molar-refractivity contribution in [3.8, 4) is 0 Å². The summed E-state index contributed by atoms with van der Waals surface area (Å²) in [5, 5.41) is 8.34. The molecule has 1 aromatic rings. The molecule has 0 saturated carbocycles. The summed E-state index contributed by atoms with van der Waals surface area (Å²) in [5.41, 5.74) is -1.87. The van der Waals surface area contributed by atoms with Gasteiger partial charge in [-0.25, -0.2) is 4.98 Å². The first-order valence-electron chi connectivity index (χ1n) is 3.74. The van der Waals surface area contributed by atoms with Gasteiger partial charge < -0.3 is 5.11 Å². The van der Waals surface area contributed by atoms with Crippen LogP contribution in [0.5, 0.6) is 0 Å². The minimum Gasteiger partial charge on any atom is -0.481 e. The average molecular weight is 223 g/mol. The highest BCUT2D eigenvalue weighted by Gasteiger charge is 2.34. The first-order chi connectivity index (χ1) is 6.80. The summed E-state index contributed by atoms with van der Waals surface area (Å²) >= 11 is 0. The molecule has 0 amide bonds. The molecule has 82 valence electrons. The number of alkyl halides is 3. The molecule has 1 rings (SSSR count). The lowest BCUT2D eigenvalue weighted by Gasteiger charge is -2.10. The van der Waals surface area contributed by atoms with E-state index < -0.39 is 35.6 Å². The van der Waals surface area contributed by atoms with Gasteiger partial charge in [0, 0.05) is 6.20 Å². The quantitative estimate of drug-likeness (QED) is 0.615. The van der Waals surface area contributed by atoms with E-state index in [2.05, 4.69) is 4.98 Å². The zero-order chi connectivity index (χ0) is 11.6. The maximum absolute atomic E-state index is 12.5. The van der Waals surface area contributed by atoms with Crippen molar-refractivity contribution in [1.29, 1.82) is 0 Å². The predicted octanol–water partition coefficient (Wildman–Crippen LogP) is 1.87. The highest BCUT2D eigenvalue weighted by atomic mass is 19.4. The van der Waals surface area contributed by atoms with Crippen molar-refractivity contribution in [3.05, 3.63) is 29.3 Å². The van der Waals surface area contributed by atoms with Crippen molar-refractivity contribution >= 4 is 5.97 Å². The van der Waals surface area contributed by atoms with Crippen LogP contribution in [0.1, 0.15) is 11.1 Å². The molecule has 0 aliphatic heterocycles. The van der Waals surface area contributed by atoms with Gasteiger partial charge in [0.15, 0.2) is 0 Å². The van der Waals surface area contributed by atoms with Gasteiger partial charge in [-0.2, -0.15) is 17.6 Å². The summed E-state index contributed by atoms with van der Waals surface area (Å²) in [5.74, 6) is -2.61. The molecule has 3 nitrogen and oxygen atoms in total. The highest BCUT2D eigenvalue weighted by molar-refractivity contribution is 5.70. The Labute approximate surface area is 81.4 Å². The van der Waals surface area contributed by atoms with Crippen LogP contribution in [0.25, 0.3) is 0 Å². The number of carbonyl (C=O) groups is 1. The monoisotopic (exact) mass is 223 g/mol. The topological polar surface area (TPSA) is 50.2 Å². The van der Waals surface area contributed by atoms with E-state index in [4.69, 9.17) is 5.11 Å². The second kappa shape index (κ2) is 3.84. The number of nitrogens with zero attached hydrogens (tertiary/aromatic N) is 1. The number of hydrogen-bond donors (Lipinski definition) is 1. The van der Waals surface area contributed by atoms with Crippen LogP contribution in [0.2, 0.25) is 0 Å². The van der Waals surface area contributed by atoms with E-state index in [1.54, 1.807) is 0 Å². The Morgan fingerprint density at radius 1 is 1.47 bits per heavy atom. The zero-order valence-corrected chi connectivity index (χ0v) is 7.18. The first kappa shape index (κ1) is 11.4. The fraction of sp³-hybridized carbons (Fsp3) is 0.250. The number of rotatable bonds is 2. The molecule has 0 atom stereocenters. The zero-order valence-electron chi connectivity index (χ0n) is 7.18. The van der Waals surface area contributed by atoms with Crippen LogP contribution < -0.4 is 0 Å². The van der Waals surface area contributed by atoms with Crippen molar-refractivity contribution in [2.24, 2.45) is 0 Å². The lowest BCUT2D eigenvalue weighted by atomic mass is 10.1. The number of carboxylic acids is 1. The molecule has 0 aliphatic rings. The Morgan fingerprint density at radius 2 is 2.07 bits per heavy atom. The van der Waals surface area contributed by atoms with Gasteiger partial charge >= 0.3 is 12.1 Å². The molecular formula is C8H5F4NO2. The summed E-state index contributed by atoms with van der Waals surface area (Å²) in [6, 6.07) is 0.469. The van der Waals surface area contributed by atoms with Crippen LogP contribution >= 0.6 is 0 Å². The van der Waals surface area contributed by atoms with Gasteiger partial charge in [-0.05, 0) is 11.6 Å². The van der Waals surface area contributed by atoms with E-state index in [9.17, 15) is 22.4 Å². The van der Waals surface area contributed by atoms with Crippen LogP contribution in [-0.2, 0) is 17.4 Å². The minimum atomic E-state index is -4.73. The molecule has 7 heteroatoms. The van der Waals surface area contributed by atoms with E-state index >= 15 is 0 Å². The lowest BCUT2D eigenvalue weighted by Crippen LogP contribution is -2.13. The fourth-order valence-corrected chi connectivity index (χ4v) is 1.03. The second-order valence-corrected chi connectivity index (χ2v) is 2.73. The standard InChI is InChI=1S/C8H5F4NO2/c9-6-1-4(2-7(14)15)5(3-13-6)8(10,11)12/h1,3H,2H2,(H,14,15). The largest absolute Gasteiger partial charge is 0.481 e. The van der Waals surface area contributed by atoms with Crippen LogP contribution in [-0.4, -0.2) is 16.1 Å². The Morgan fingerprint density at radius 3 is 2.53 bits per heavy atom. The summed E-state index contributed by atoms with van der Waals surface area (Å²) < 4.78 is 49.3. The second-order valence-electron chi connectivity index (χ2n) is 2.73. The third kappa shape index (κ3) is 2.90. The Balaban J connectivity index is 3.20. The van der Waals surface area contributed by atoms with E-state index in [1.807, 2.05) is 0 Å². The summed E-state index contributed by atoms with van der Waals surface area (Å²) in [4.78, 5) is 13.1. The third-order valence-electron chi connectivity index (χ3n) is 1.60. The number of hydrogen-bond acceptors (Lipinski definition) is 2. The third-order valence-corrected chi connectivity index (χ3v) is 1.60. The molecule has 0 bridgehead atoms. The SMILES string of the molecule is O=C(O)Cc1cc(F)ncc1C(F)(F)F. The van der Waals surface area contributed by atoms with Crippen molar-refractivity contribution < 1.29 is 27.5 Å². The highest BCUT2D eigenvalue weighted by Crippen LogP contribution is 2.31. The van der Waals surface area contributed by atoms with Gasteiger partial charge in [-0.1, -0.05) is 0 Å². The maximum Gasteiger partial charge on any atom is 0.418 e. The molecule has 0 aromatic carbocycles. The molecule has 15 heavy (non-hydrogen) atoms.